The molecule has 1 saturated heterocycles. The van der Waals surface area contributed by atoms with Crippen LogP contribution in [0.1, 0.15) is 11.1 Å². The second kappa shape index (κ2) is 11.0. The average Bonchev–Trinajstić information content (AvgIpc) is 2.86. The smallest absolute Gasteiger partial charge is 0.335 e. The van der Waals surface area contributed by atoms with Crippen LogP contribution in [0.4, 0.5) is 16.2 Å². The Morgan fingerprint density at radius 2 is 1.78 bits per heavy atom. The van der Waals surface area contributed by atoms with E-state index in [-0.39, 0.29) is 29.5 Å². The largest absolute Gasteiger partial charge is 0.493 e. The first kappa shape index (κ1) is 25.5. The quantitative estimate of drug-likeness (QED) is 0.354. The van der Waals surface area contributed by atoms with Crippen LogP contribution in [0.3, 0.4) is 0 Å². The number of aryl methyl sites for hydroxylation is 1. The molecule has 0 radical (unpaired) electrons. The second-order valence-electron chi connectivity index (χ2n) is 8.05. The Morgan fingerprint density at radius 3 is 2.49 bits per heavy atom. The maximum Gasteiger partial charge on any atom is 0.335 e. The van der Waals surface area contributed by atoms with Crippen molar-refractivity contribution >= 4 is 52.8 Å². The number of rotatable bonds is 7. The normalized spacial score (nSPS) is 14.4. The molecule has 0 saturated carbocycles. The molecule has 2 N–H and O–H groups in total. The lowest BCUT2D eigenvalue weighted by Crippen LogP contribution is -2.54. The highest BCUT2D eigenvalue weighted by molar-refractivity contribution is 6.39. The molecule has 0 spiro atoms. The van der Waals surface area contributed by atoms with Crippen molar-refractivity contribution in [1.29, 1.82) is 0 Å². The molecule has 4 rings (SSSR count). The summed E-state index contributed by atoms with van der Waals surface area (Å²) in [6.07, 6.45) is 1.34. The Morgan fingerprint density at radius 1 is 1.03 bits per heavy atom. The Kier molecular flexibility index (Phi) is 7.55. The van der Waals surface area contributed by atoms with Gasteiger partial charge in [-0.3, -0.25) is 19.7 Å². The zero-order valence-electron chi connectivity index (χ0n) is 19.9. The fraction of sp³-hybridized carbons (Fsp3) is 0.111. The van der Waals surface area contributed by atoms with Gasteiger partial charge in [0.05, 0.1) is 12.8 Å². The first-order valence-electron chi connectivity index (χ1n) is 11.1. The minimum atomic E-state index is -0.861. The fourth-order valence-corrected chi connectivity index (χ4v) is 3.73. The summed E-state index contributed by atoms with van der Waals surface area (Å²) in [5.41, 5.74) is 2.12. The number of urea groups is 1. The van der Waals surface area contributed by atoms with Crippen molar-refractivity contribution in [1.82, 2.24) is 5.32 Å². The number of nitrogens with one attached hydrogen (secondary N) is 2. The maximum absolute atomic E-state index is 13.0. The van der Waals surface area contributed by atoms with Gasteiger partial charge in [-0.2, -0.15) is 0 Å². The molecule has 0 aromatic heterocycles. The Hall–Kier alpha value is -4.63. The monoisotopic (exact) mass is 519 g/mol. The number of amides is 5. The first-order chi connectivity index (χ1) is 17.7. The summed E-state index contributed by atoms with van der Waals surface area (Å²) >= 11 is 5.89. The van der Waals surface area contributed by atoms with E-state index in [1.54, 1.807) is 24.3 Å². The average molecular weight is 520 g/mol. The van der Waals surface area contributed by atoms with E-state index in [1.165, 1.54) is 37.5 Å². The summed E-state index contributed by atoms with van der Waals surface area (Å²) < 4.78 is 11.0. The third-order valence-corrected chi connectivity index (χ3v) is 5.60. The van der Waals surface area contributed by atoms with Crippen molar-refractivity contribution in [2.75, 3.05) is 23.9 Å². The van der Waals surface area contributed by atoms with Crippen molar-refractivity contribution in [3.8, 4) is 11.5 Å². The highest BCUT2D eigenvalue weighted by Crippen LogP contribution is 2.30. The summed E-state index contributed by atoms with van der Waals surface area (Å²) in [6.45, 7) is 1.66. The van der Waals surface area contributed by atoms with Gasteiger partial charge in [0.15, 0.2) is 18.1 Å². The fourth-order valence-electron chi connectivity index (χ4n) is 3.61. The van der Waals surface area contributed by atoms with Crippen molar-refractivity contribution < 1.29 is 28.7 Å². The number of imide groups is 2. The number of nitrogens with zero attached hydrogens (tertiary/aromatic N) is 1. The van der Waals surface area contributed by atoms with Gasteiger partial charge in [0.1, 0.15) is 5.57 Å². The van der Waals surface area contributed by atoms with Gasteiger partial charge in [0.2, 0.25) is 0 Å². The van der Waals surface area contributed by atoms with Crippen molar-refractivity contribution in [2.24, 2.45) is 0 Å². The van der Waals surface area contributed by atoms with Crippen LogP contribution in [-0.2, 0) is 14.4 Å². The number of benzene rings is 3. The van der Waals surface area contributed by atoms with Gasteiger partial charge >= 0.3 is 6.03 Å². The van der Waals surface area contributed by atoms with Crippen LogP contribution in [0.2, 0.25) is 5.02 Å². The highest BCUT2D eigenvalue weighted by atomic mass is 35.5. The summed E-state index contributed by atoms with van der Waals surface area (Å²) in [6, 6.07) is 17.3. The number of anilines is 2. The molecule has 1 heterocycles. The van der Waals surface area contributed by atoms with E-state index in [1.807, 2.05) is 25.1 Å². The lowest BCUT2D eigenvalue weighted by Gasteiger charge is -2.26. The Balaban J connectivity index is 1.51. The van der Waals surface area contributed by atoms with Crippen LogP contribution in [0.15, 0.2) is 72.3 Å². The van der Waals surface area contributed by atoms with Gasteiger partial charge in [0.25, 0.3) is 17.7 Å². The molecule has 0 bridgehead atoms. The predicted octanol–water partition coefficient (Wildman–Crippen LogP) is 4.34. The van der Waals surface area contributed by atoms with E-state index >= 15 is 0 Å². The molecule has 3 aromatic rings. The minimum absolute atomic E-state index is 0.247. The molecule has 0 aliphatic carbocycles. The summed E-state index contributed by atoms with van der Waals surface area (Å²) in [5.74, 6) is -1.39. The summed E-state index contributed by atoms with van der Waals surface area (Å²) in [5, 5.41) is 5.35. The molecular weight excluding hydrogens is 498 g/mol. The number of methoxy groups -OCH3 is 1. The van der Waals surface area contributed by atoms with E-state index in [4.69, 9.17) is 21.1 Å². The van der Waals surface area contributed by atoms with Crippen LogP contribution in [0, 0.1) is 6.92 Å². The molecule has 1 fully saturated rings. The summed E-state index contributed by atoms with van der Waals surface area (Å²) in [7, 11) is 1.42. The van der Waals surface area contributed by atoms with E-state index in [0.717, 1.165) is 10.5 Å². The van der Waals surface area contributed by atoms with Gasteiger partial charge in [-0.25, -0.2) is 9.69 Å². The first-order valence-corrected chi connectivity index (χ1v) is 11.5. The molecule has 1 aliphatic rings. The van der Waals surface area contributed by atoms with E-state index in [2.05, 4.69) is 10.6 Å². The lowest BCUT2D eigenvalue weighted by molar-refractivity contribution is -0.122. The highest BCUT2D eigenvalue weighted by Gasteiger charge is 2.36. The van der Waals surface area contributed by atoms with E-state index in [9.17, 15) is 19.2 Å². The van der Waals surface area contributed by atoms with E-state index < -0.39 is 17.8 Å². The third kappa shape index (κ3) is 5.96. The molecule has 0 atom stereocenters. The van der Waals surface area contributed by atoms with Gasteiger partial charge in [0, 0.05) is 10.7 Å². The van der Waals surface area contributed by atoms with Crippen molar-refractivity contribution in [3.63, 3.8) is 0 Å². The molecule has 3 aromatic carbocycles. The van der Waals surface area contributed by atoms with Crippen LogP contribution >= 0.6 is 11.6 Å². The predicted molar refractivity (Wildman–Crippen MR) is 139 cm³/mol. The number of barbiturate groups is 1. The molecule has 37 heavy (non-hydrogen) atoms. The zero-order chi connectivity index (χ0) is 26.5. The zero-order valence-corrected chi connectivity index (χ0v) is 20.7. The standard InChI is InChI=1S/C27H22ClN3O6/c1-16-4-3-5-19(12-16)29-24(32)15-37-22-11-6-17(14-23(22)36-2)13-21-25(33)30-27(35)31(26(21)34)20-9-7-18(28)8-10-20/h3-14H,15H2,1-2H3,(H,29,32)(H,30,33,35)/b21-13-. The van der Waals surface area contributed by atoms with Crippen LogP contribution in [-0.4, -0.2) is 37.5 Å². The molecular formula is C27H22ClN3O6. The lowest BCUT2D eigenvalue weighted by atomic mass is 10.1. The third-order valence-electron chi connectivity index (χ3n) is 5.35. The Labute approximate surface area is 217 Å². The van der Waals surface area contributed by atoms with Gasteiger partial charge < -0.3 is 14.8 Å². The summed E-state index contributed by atoms with van der Waals surface area (Å²) in [4.78, 5) is 51.0. The number of halogens is 1. The molecule has 10 heteroatoms. The Bertz CT molecular complexity index is 1420. The molecule has 5 amide bonds. The minimum Gasteiger partial charge on any atom is -0.493 e. The molecule has 0 unspecified atom stereocenters. The number of carbonyl (C=O) groups is 4. The number of hydrogen-bond donors (Lipinski definition) is 2. The number of hydrogen-bond acceptors (Lipinski definition) is 6. The molecule has 9 nitrogen and oxygen atoms in total. The number of carbonyl (C=O) groups excluding carboxylic acids is 4. The van der Waals surface area contributed by atoms with E-state index in [0.29, 0.717) is 22.0 Å². The maximum atomic E-state index is 13.0. The molecule has 188 valence electrons. The second-order valence-corrected chi connectivity index (χ2v) is 8.49. The SMILES string of the molecule is COc1cc(/C=C2/C(=O)NC(=O)N(c3ccc(Cl)cc3)C2=O)ccc1OCC(=O)Nc1cccc(C)c1. The van der Waals surface area contributed by atoms with Crippen molar-refractivity contribution in [3.05, 3.63) is 88.5 Å². The molecule has 1 aliphatic heterocycles. The van der Waals surface area contributed by atoms with Crippen molar-refractivity contribution in [2.45, 2.75) is 6.92 Å². The topological polar surface area (TPSA) is 114 Å². The van der Waals surface area contributed by atoms with Crippen LogP contribution in [0.5, 0.6) is 11.5 Å². The van der Waals surface area contributed by atoms with Crippen LogP contribution < -0.4 is 25.0 Å². The van der Waals surface area contributed by atoms with Crippen LogP contribution in [0.25, 0.3) is 6.08 Å². The number of ether oxygens (including phenoxy) is 2. The van der Waals surface area contributed by atoms with Gasteiger partial charge in [-0.15, -0.1) is 0 Å². The van der Waals surface area contributed by atoms with Gasteiger partial charge in [-0.1, -0.05) is 29.8 Å². The van der Waals surface area contributed by atoms with Gasteiger partial charge in [-0.05, 0) is 72.7 Å².